The van der Waals surface area contributed by atoms with Gasteiger partial charge < -0.3 is 0 Å². The Bertz CT molecular complexity index is 669. The van der Waals surface area contributed by atoms with E-state index < -0.39 is 0 Å². The predicted molar refractivity (Wildman–Crippen MR) is 78.2 cm³/mol. The van der Waals surface area contributed by atoms with Crippen molar-refractivity contribution in [2.45, 2.75) is 26.7 Å². The average molecular weight is 271 g/mol. The number of rotatable bonds is 2. The van der Waals surface area contributed by atoms with Gasteiger partial charge in [0.25, 0.3) is 0 Å². The second-order valence-corrected chi connectivity index (χ2v) is 5.01. The Morgan fingerprint density at radius 2 is 1.89 bits per heavy atom. The van der Waals surface area contributed by atoms with E-state index in [4.69, 9.17) is 11.6 Å². The van der Waals surface area contributed by atoms with Gasteiger partial charge in [-0.1, -0.05) is 6.07 Å². The second-order valence-electron chi connectivity index (χ2n) is 4.75. The Morgan fingerprint density at radius 1 is 1.16 bits per heavy atom. The second kappa shape index (κ2) is 5.42. The van der Waals surface area contributed by atoms with Crippen LogP contribution in [0, 0.1) is 32.1 Å². The summed E-state index contributed by atoms with van der Waals surface area (Å²) in [7, 11) is 0. The lowest BCUT2D eigenvalue weighted by Crippen LogP contribution is -1.96. The van der Waals surface area contributed by atoms with Crippen LogP contribution >= 0.6 is 11.6 Å². The molecule has 0 fully saturated rings. The number of hydrogen-bond donors (Lipinski definition) is 0. The van der Waals surface area contributed by atoms with E-state index in [1.165, 1.54) is 0 Å². The highest BCUT2D eigenvalue weighted by Crippen LogP contribution is 2.28. The highest BCUT2D eigenvalue weighted by atomic mass is 35.5. The van der Waals surface area contributed by atoms with E-state index in [2.05, 4.69) is 17.1 Å². The maximum Gasteiger partial charge on any atom is 0.0998 e. The minimum absolute atomic E-state index is 0.453. The molecule has 2 aromatic rings. The molecule has 3 heteroatoms. The maximum atomic E-state index is 9.31. The number of halogens is 1. The first-order valence-corrected chi connectivity index (χ1v) is 6.63. The van der Waals surface area contributed by atoms with Crippen molar-refractivity contribution in [2.75, 3.05) is 0 Å². The number of alkyl halides is 1. The zero-order valence-corrected chi connectivity index (χ0v) is 12.0. The molecule has 0 unspecified atom stereocenters. The molecule has 0 saturated heterocycles. The third-order valence-electron chi connectivity index (χ3n) is 3.22. The lowest BCUT2D eigenvalue weighted by molar-refractivity contribution is 1.19. The fraction of sp³-hybridized carbons (Fsp3) is 0.250. The van der Waals surface area contributed by atoms with Crippen molar-refractivity contribution in [1.29, 1.82) is 5.26 Å². The predicted octanol–water partition coefficient (Wildman–Crippen LogP) is 4.28. The smallest absolute Gasteiger partial charge is 0.0998 e. The number of aromatic nitrogens is 1. The minimum atomic E-state index is 0.453. The van der Waals surface area contributed by atoms with E-state index >= 15 is 0 Å². The normalized spacial score (nSPS) is 10.3. The molecular formula is C16H15ClN2. The topological polar surface area (TPSA) is 36.7 Å². The first-order chi connectivity index (χ1) is 9.06. The lowest BCUT2D eigenvalue weighted by atomic mass is 9.95. The molecule has 0 bridgehead atoms. The van der Waals surface area contributed by atoms with Crippen LogP contribution in [0.3, 0.4) is 0 Å². The maximum absolute atomic E-state index is 9.31. The first kappa shape index (κ1) is 13.6. The summed E-state index contributed by atoms with van der Waals surface area (Å²) in [6, 6.07) is 8.19. The molecule has 0 radical (unpaired) electrons. The van der Waals surface area contributed by atoms with E-state index in [1.54, 1.807) is 0 Å². The molecule has 0 atom stereocenters. The summed E-state index contributed by atoms with van der Waals surface area (Å²) in [5.74, 6) is 0.453. The fourth-order valence-electron chi connectivity index (χ4n) is 2.24. The van der Waals surface area contributed by atoms with Crippen molar-refractivity contribution in [2.24, 2.45) is 0 Å². The van der Waals surface area contributed by atoms with Gasteiger partial charge in [-0.3, -0.25) is 4.98 Å². The van der Waals surface area contributed by atoms with Crippen LogP contribution in [0.1, 0.15) is 27.8 Å². The monoisotopic (exact) mass is 270 g/mol. The summed E-state index contributed by atoms with van der Waals surface area (Å²) in [5, 5.41) is 9.31. The molecule has 0 aliphatic carbocycles. The van der Waals surface area contributed by atoms with Gasteiger partial charge in [-0.25, -0.2) is 0 Å². The summed E-state index contributed by atoms with van der Waals surface area (Å²) in [6.07, 6.45) is 1.81. The summed E-state index contributed by atoms with van der Waals surface area (Å²) in [5.41, 5.74) is 6.65. The van der Waals surface area contributed by atoms with Crippen LogP contribution in [0.2, 0.25) is 0 Å². The summed E-state index contributed by atoms with van der Waals surface area (Å²) >= 11 is 5.94. The number of nitriles is 1. The fourth-order valence-corrected chi connectivity index (χ4v) is 2.53. The van der Waals surface area contributed by atoms with E-state index in [-0.39, 0.29) is 0 Å². The molecule has 0 saturated carbocycles. The van der Waals surface area contributed by atoms with Crippen LogP contribution in [0.5, 0.6) is 0 Å². The number of nitrogens with zero attached hydrogens (tertiary/aromatic N) is 2. The summed E-state index contributed by atoms with van der Waals surface area (Å²) < 4.78 is 0. The lowest BCUT2D eigenvalue weighted by Gasteiger charge is -2.11. The molecule has 0 aliphatic heterocycles. The van der Waals surface area contributed by atoms with Gasteiger partial charge in [-0.15, -0.1) is 11.6 Å². The molecule has 19 heavy (non-hydrogen) atoms. The molecule has 1 aromatic heterocycles. The third kappa shape index (κ3) is 2.62. The number of hydrogen-bond acceptors (Lipinski definition) is 2. The van der Waals surface area contributed by atoms with Crippen LogP contribution in [-0.2, 0) is 5.88 Å². The zero-order chi connectivity index (χ0) is 14.0. The number of aryl methyl sites for hydroxylation is 3. The van der Waals surface area contributed by atoms with Crippen molar-refractivity contribution in [3.8, 4) is 17.3 Å². The van der Waals surface area contributed by atoms with Crippen LogP contribution in [0.15, 0.2) is 24.4 Å². The molecule has 0 spiro atoms. The van der Waals surface area contributed by atoms with Crippen LogP contribution in [0.4, 0.5) is 0 Å². The highest BCUT2D eigenvalue weighted by Gasteiger charge is 2.12. The van der Waals surface area contributed by atoms with E-state index in [0.717, 1.165) is 33.5 Å². The molecule has 0 N–H and O–H groups in total. The van der Waals surface area contributed by atoms with Gasteiger partial charge in [0.2, 0.25) is 0 Å². The Morgan fingerprint density at radius 3 is 2.53 bits per heavy atom. The Balaban J connectivity index is 2.69. The molecule has 1 heterocycles. The SMILES string of the molecule is Cc1cc(C)c(-c2cc(CCl)c(C)cn2)c(C#N)c1. The van der Waals surface area contributed by atoms with Crippen LogP contribution in [-0.4, -0.2) is 4.98 Å². The van der Waals surface area contributed by atoms with Crippen LogP contribution in [0.25, 0.3) is 11.3 Å². The van der Waals surface area contributed by atoms with Crippen molar-refractivity contribution in [1.82, 2.24) is 4.98 Å². The van der Waals surface area contributed by atoms with Crippen molar-refractivity contribution < 1.29 is 0 Å². The Hall–Kier alpha value is -1.85. The molecule has 0 aliphatic rings. The third-order valence-corrected chi connectivity index (χ3v) is 3.50. The van der Waals surface area contributed by atoms with Gasteiger partial charge in [0, 0.05) is 17.6 Å². The summed E-state index contributed by atoms with van der Waals surface area (Å²) in [6.45, 7) is 5.98. The first-order valence-electron chi connectivity index (χ1n) is 6.10. The molecule has 1 aromatic carbocycles. The van der Waals surface area contributed by atoms with E-state index in [1.807, 2.05) is 39.1 Å². The van der Waals surface area contributed by atoms with Crippen molar-refractivity contribution in [3.63, 3.8) is 0 Å². The molecule has 2 nitrogen and oxygen atoms in total. The van der Waals surface area contributed by atoms with Crippen molar-refractivity contribution >= 4 is 11.6 Å². The van der Waals surface area contributed by atoms with Gasteiger partial charge in [0.15, 0.2) is 0 Å². The van der Waals surface area contributed by atoms with Gasteiger partial charge in [-0.2, -0.15) is 5.26 Å². The molecular weight excluding hydrogens is 256 g/mol. The number of benzene rings is 1. The Kier molecular flexibility index (Phi) is 3.87. The van der Waals surface area contributed by atoms with Gasteiger partial charge >= 0.3 is 0 Å². The largest absolute Gasteiger partial charge is 0.256 e. The summed E-state index contributed by atoms with van der Waals surface area (Å²) in [4.78, 5) is 4.45. The highest BCUT2D eigenvalue weighted by molar-refractivity contribution is 6.17. The van der Waals surface area contributed by atoms with Gasteiger partial charge in [0.1, 0.15) is 0 Å². The Labute approximate surface area is 118 Å². The van der Waals surface area contributed by atoms with E-state index in [9.17, 15) is 5.26 Å². The van der Waals surface area contributed by atoms with Gasteiger partial charge in [-0.05, 0) is 55.2 Å². The quantitative estimate of drug-likeness (QED) is 0.764. The molecule has 2 rings (SSSR count). The number of pyridine rings is 1. The average Bonchev–Trinajstić information content (AvgIpc) is 2.39. The van der Waals surface area contributed by atoms with Gasteiger partial charge in [0.05, 0.1) is 17.3 Å². The van der Waals surface area contributed by atoms with Crippen molar-refractivity contribution in [3.05, 3.63) is 52.2 Å². The van der Waals surface area contributed by atoms with E-state index in [0.29, 0.717) is 11.4 Å². The van der Waals surface area contributed by atoms with Crippen LogP contribution < -0.4 is 0 Å². The standard InChI is InChI=1S/C16H15ClN2/c1-10-4-11(2)16(14(5-10)8-18)15-6-13(7-17)12(3)9-19-15/h4-6,9H,7H2,1-3H3. The minimum Gasteiger partial charge on any atom is -0.256 e. The molecule has 96 valence electrons. The molecule has 0 amide bonds. The zero-order valence-electron chi connectivity index (χ0n) is 11.3.